The van der Waals surface area contributed by atoms with Crippen LogP contribution in [0.1, 0.15) is 26.2 Å². The molecule has 1 aromatic rings. The highest BCUT2D eigenvalue weighted by Gasteiger charge is 2.31. The first-order valence-corrected chi connectivity index (χ1v) is 7.13. The quantitative estimate of drug-likeness (QED) is 0.829. The second-order valence-corrected chi connectivity index (χ2v) is 5.27. The van der Waals surface area contributed by atoms with E-state index >= 15 is 0 Å². The molecule has 4 nitrogen and oxygen atoms in total. The van der Waals surface area contributed by atoms with Gasteiger partial charge < -0.3 is 9.84 Å². The number of aliphatic imine (C=N–C) groups is 1. The van der Waals surface area contributed by atoms with Gasteiger partial charge in [-0.1, -0.05) is 13.3 Å². The molecule has 0 aromatic heterocycles. The molecule has 2 rings (SSSR count). The van der Waals surface area contributed by atoms with E-state index in [2.05, 4.69) is 9.73 Å². The number of benzene rings is 1. The summed E-state index contributed by atoms with van der Waals surface area (Å²) in [7, 11) is 0. The first-order valence-electron chi connectivity index (χ1n) is 7.13. The third kappa shape index (κ3) is 4.84. The Bertz CT molecular complexity index is 633. The molecule has 0 heterocycles. The third-order valence-electron chi connectivity index (χ3n) is 3.56. The second kappa shape index (κ2) is 6.85. The molecule has 1 aliphatic rings. The van der Waals surface area contributed by atoms with Crippen LogP contribution in [-0.2, 0) is 4.79 Å². The molecule has 1 aliphatic carbocycles. The Morgan fingerprint density at radius 2 is 1.96 bits per heavy atom. The predicted octanol–water partition coefficient (Wildman–Crippen LogP) is 4.49. The van der Waals surface area contributed by atoms with Crippen LogP contribution in [0.2, 0.25) is 0 Å². The molecule has 1 aromatic carbocycles. The normalized spacial score (nSPS) is 19.5. The zero-order valence-electron chi connectivity index (χ0n) is 12.4. The van der Waals surface area contributed by atoms with E-state index in [9.17, 15) is 23.1 Å². The summed E-state index contributed by atoms with van der Waals surface area (Å²) in [5.41, 5.74) is 0.510. The van der Waals surface area contributed by atoms with Gasteiger partial charge in [-0.15, -0.1) is 13.2 Å². The summed E-state index contributed by atoms with van der Waals surface area (Å²) >= 11 is 0. The Balaban J connectivity index is 2.09. The van der Waals surface area contributed by atoms with Crippen molar-refractivity contribution in [2.24, 2.45) is 10.9 Å². The zero-order valence-corrected chi connectivity index (χ0v) is 12.4. The monoisotopic (exact) mass is 327 g/mol. The number of carbonyl (C=O) groups is 1. The van der Waals surface area contributed by atoms with Gasteiger partial charge in [0.25, 0.3) is 0 Å². The maximum atomic E-state index is 12.1. The molecule has 0 fully saturated rings. The van der Waals surface area contributed by atoms with Crippen LogP contribution in [-0.4, -0.2) is 23.5 Å². The minimum atomic E-state index is -4.74. The van der Waals surface area contributed by atoms with Gasteiger partial charge in [-0.25, -0.2) is 0 Å². The van der Waals surface area contributed by atoms with Crippen molar-refractivity contribution in [3.63, 3.8) is 0 Å². The Morgan fingerprint density at radius 3 is 2.48 bits per heavy atom. The fourth-order valence-corrected chi connectivity index (χ4v) is 2.30. The predicted molar refractivity (Wildman–Crippen MR) is 79.0 cm³/mol. The first-order chi connectivity index (χ1) is 10.8. The lowest BCUT2D eigenvalue weighted by molar-refractivity contribution is -0.274. The van der Waals surface area contributed by atoms with Crippen LogP contribution >= 0.6 is 0 Å². The fraction of sp³-hybridized carbons (Fsp3) is 0.375. The number of rotatable bonds is 4. The van der Waals surface area contributed by atoms with Crippen molar-refractivity contribution in [1.82, 2.24) is 0 Å². The van der Waals surface area contributed by atoms with E-state index in [1.54, 1.807) is 0 Å². The fourth-order valence-electron chi connectivity index (χ4n) is 2.30. The molecule has 0 radical (unpaired) electrons. The number of ketones is 1. The van der Waals surface area contributed by atoms with Crippen molar-refractivity contribution >= 4 is 17.7 Å². The van der Waals surface area contributed by atoms with E-state index in [0.29, 0.717) is 18.5 Å². The number of allylic oxidation sites excluding steroid dienone is 2. The maximum absolute atomic E-state index is 12.1. The number of hydrogen-bond donors (Lipinski definition) is 1. The van der Waals surface area contributed by atoms with Gasteiger partial charge in [-0.05, 0) is 30.2 Å². The van der Waals surface area contributed by atoms with Crippen LogP contribution in [0.4, 0.5) is 18.9 Å². The number of aliphatic hydroxyl groups is 1. The summed E-state index contributed by atoms with van der Waals surface area (Å²) in [5.74, 6) is -0.383. The Morgan fingerprint density at radius 1 is 1.30 bits per heavy atom. The van der Waals surface area contributed by atoms with Gasteiger partial charge in [-0.3, -0.25) is 9.79 Å². The standard InChI is InChI=1S/C16H16F3NO3/c1-2-10-7-14(21)13(15(22)8-10)9-20-11-3-5-12(6-4-11)23-16(17,18)19/h3-6,9-10,21H,2,7-8H2,1H3. The molecular formula is C16H16F3NO3. The average Bonchev–Trinajstić information content (AvgIpc) is 2.46. The van der Waals surface area contributed by atoms with Crippen LogP contribution in [0.25, 0.3) is 0 Å². The van der Waals surface area contributed by atoms with E-state index < -0.39 is 6.36 Å². The van der Waals surface area contributed by atoms with Crippen molar-refractivity contribution in [3.8, 4) is 5.75 Å². The molecule has 0 saturated carbocycles. The second-order valence-electron chi connectivity index (χ2n) is 5.27. The largest absolute Gasteiger partial charge is 0.573 e. The minimum absolute atomic E-state index is 0.00822. The molecular weight excluding hydrogens is 311 g/mol. The van der Waals surface area contributed by atoms with Crippen molar-refractivity contribution in [3.05, 3.63) is 35.6 Å². The van der Waals surface area contributed by atoms with E-state index in [4.69, 9.17) is 0 Å². The molecule has 0 amide bonds. The van der Waals surface area contributed by atoms with Gasteiger partial charge >= 0.3 is 6.36 Å². The molecule has 124 valence electrons. The third-order valence-corrected chi connectivity index (χ3v) is 3.56. The molecule has 0 spiro atoms. The Hall–Kier alpha value is -2.31. The van der Waals surface area contributed by atoms with E-state index in [1.165, 1.54) is 18.3 Å². The highest BCUT2D eigenvalue weighted by atomic mass is 19.4. The Kier molecular flexibility index (Phi) is 5.08. The molecule has 0 aliphatic heterocycles. The summed E-state index contributed by atoms with van der Waals surface area (Å²) in [6, 6.07) is 4.92. The van der Waals surface area contributed by atoms with Crippen LogP contribution < -0.4 is 4.74 Å². The number of Topliss-reactive ketones (excluding diaryl/α,β-unsaturated/α-hetero) is 1. The van der Waals surface area contributed by atoms with Gasteiger partial charge in [0.1, 0.15) is 11.5 Å². The molecule has 23 heavy (non-hydrogen) atoms. The lowest BCUT2D eigenvalue weighted by Crippen LogP contribution is -2.19. The number of ether oxygens (including phenoxy) is 1. The smallest absolute Gasteiger partial charge is 0.511 e. The van der Waals surface area contributed by atoms with Crippen LogP contribution in [0.15, 0.2) is 40.6 Å². The Labute approximate surface area is 131 Å². The number of carbonyl (C=O) groups excluding carboxylic acids is 1. The van der Waals surface area contributed by atoms with Crippen LogP contribution in [0.3, 0.4) is 0 Å². The molecule has 0 bridgehead atoms. The lowest BCUT2D eigenvalue weighted by Gasteiger charge is -2.20. The number of nitrogens with zero attached hydrogens (tertiary/aromatic N) is 1. The average molecular weight is 327 g/mol. The zero-order chi connectivity index (χ0) is 17.0. The van der Waals surface area contributed by atoms with Gasteiger partial charge in [0, 0.05) is 19.1 Å². The maximum Gasteiger partial charge on any atom is 0.573 e. The number of halogens is 3. The molecule has 1 N–H and O–H groups in total. The number of alkyl halides is 3. The first kappa shape index (κ1) is 17.1. The molecule has 1 unspecified atom stereocenters. The number of aliphatic hydroxyl groups excluding tert-OH is 1. The van der Waals surface area contributed by atoms with Crippen LogP contribution in [0.5, 0.6) is 5.75 Å². The lowest BCUT2D eigenvalue weighted by atomic mass is 9.86. The molecule has 7 heteroatoms. The van der Waals surface area contributed by atoms with Gasteiger partial charge in [0.15, 0.2) is 5.78 Å². The van der Waals surface area contributed by atoms with Crippen LogP contribution in [0, 0.1) is 5.92 Å². The van der Waals surface area contributed by atoms with Gasteiger partial charge in [0.2, 0.25) is 0 Å². The highest BCUT2D eigenvalue weighted by molar-refractivity contribution is 6.14. The van der Waals surface area contributed by atoms with E-state index in [-0.39, 0.29) is 28.8 Å². The van der Waals surface area contributed by atoms with Gasteiger partial charge in [-0.2, -0.15) is 0 Å². The summed E-state index contributed by atoms with van der Waals surface area (Å²) < 4.78 is 39.9. The SMILES string of the molecule is CCC1CC(=O)C(C=Nc2ccc(OC(F)(F)F)cc2)=C(O)C1. The molecule has 1 atom stereocenters. The summed E-state index contributed by atoms with van der Waals surface area (Å²) in [4.78, 5) is 16.0. The number of hydrogen-bond acceptors (Lipinski definition) is 4. The minimum Gasteiger partial charge on any atom is -0.511 e. The van der Waals surface area contributed by atoms with Gasteiger partial charge in [0.05, 0.1) is 11.3 Å². The van der Waals surface area contributed by atoms with Crippen molar-refractivity contribution < 1.29 is 27.8 Å². The van der Waals surface area contributed by atoms with E-state index in [1.807, 2.05) is 6.92 Å². The topological polar surface area (TPSA) is 58.9 Å². The summed E-state index contributed by atoms with van der Waals surface area (Å²) in [6.45, 7) is 1.95. The summed E-state index contributed by atoms with van der Waals surface area (Å²) in [6.07, 6.45) is -1.89. The highest BCUT2D eigenvalue weighted by Crippen LogP contribution is 2.28. The van der Waals surface area contributed by atoms with Crippen molar-refractivity contribution in [1.29, 1.82) is 0 Å². The van der Waals surface area contributed by atoms with E-state index in [0.717, 1.165) is 18.6 Å². The molecule has 0 saturated heterocycles. The summed E-state index contributed by atoms with van der Waals surface area (Å²) in [5, 5.41) is 9.91. The van der Waals surface area contributed by atoms with Crippen molar-refractivity contribution in [2.75, 3.05) is 0 Å². The van der Waals surface area contributed by atoms with Crippen molar-refractivity contribution in [2.45, 2.75) is 32.5 Å².